The third-order valence-electron chi connectivity index (χ3n) is 9.35. The van der Waals surface area contributed by atoms with E-state index in [-0.39, 0.29) is 36.0 Å². The lowest BCUT2D eigenvalue weighted by Crippen LogP contribution is -2.36. The number of aryl methyl sites for hydroxylation is 1. The van der Waals surface area contributed by atoms with E-state index in [4.69, 9.17) is 26.0 Å². The Labute approximate surface area is 258 Å². The van der Waals surface area contributed by atoms with Gasteiger partial charge in [0.2, 0.25) is 5.91 Å². The highest BCUT2D eigenvalue weighted by molar-refractivity contribution is 5.90. The van der Waals surface area contributed by atoms with Crippen molar-refractivity contribution in [3.8, 4) is 0 Å². The first kappa shape index (κ1) is 23.9. The predicted octanol–water partition coefficient (Wildman–Crippen LogP) is 2.79. The molecule has 3 aliphatic rings. The summed E-state index contributed by atoms with van der Waals surface area (Å²) in [5, 5.41) is 11.5. The third kappa shape index (κ3) is 4.50. The molecule has 2 amide bonds. The lowest BCUT2D eigenvalue weighted by molar-refractivity contribution is -0.123. The molecule has 232 valence electrons. The Hall–Kier alpha value is -4.46. The van der Waals surface area contributed by atoms with Crippen molar-refractivity contribution in [1.29, 1.82) is 0 Å². The molecular formula is C30H37N9O5. The van der Waals surface area contributed by atoms with E-state index in [1.165, 1.54) is 17.9 Å². The van der Waals surface area contributed by atoms with Gasteiger partial charge in [0, 0.05) is 53.7 Å². The van der Waals surface area contributed by atoms with Crippen molar-refractivity contribution in [1.82, 2.24) is 34.2 Å². The molecule has 0 spiro atoms. The number of nitrogens with zero attached hydrogens (tertiary/aromatic N) is 6. The Morgan fingerprint density at radius 3 is 2.70 bits per heavy atom. The predicted molar refractivity (Wildman–Crippen MR) is 162 cm³/mol. The van der Waals surface area contributed by atoms with Crippen molar-refractivity contribution >= 4 is 45.7 Å². The smallest absolute Gasteiger partial charge is 0.407 e. The lowest BCUT2D eigenvalue weighted by Gasteiger charge is -2.20. The van der Waals surface area contributed by atoms with E-state index in [0.29, 0.717) is 43.0 Å². The lowest BCUT2D eigenvalue weighted by atomic mass is 9.95. The van der Waals surface area contributed by atoms with Gasteiger partial charge in [-0.15, -0.1) is 0 Å². The van der Waals surface area contributed by atoms with Crippen LogP contribution in [0.5, 0.6) is 0 Å². The number of hydrogen-bond acceptors (Lipinski definition) is 9. The Kier molecular flexibility index (Phi) is 5.77. The largest absolute Gasteiger partial charge is 0.453 e. The van der Waals surface area contributed by atoms with Crippen molar-refractivity contribution < 1.29 is 24.5 Å². The number of carbonyl (C=O) groups is 2. The first-order valence-electron chi connectivity index (χ1n) is 16.8. The number of rotatable bonds is 7. The summed E-state index contributed by atoms with van der Waals surface area (Å²) in [5.74, 6) is 0.342. The van der Waals surface area contributed by atoms with E-state index >= 15 is 0 Å². The zero-order valence-corrected chi connectivity index (χ0v) is 24.5. The Morgan fingerprint density at radius 1 is 1.20 bits per heavy atom. The average Bonchev–Trinajstić information content (AvgIpc) is 3.28. The molecule has 14 nitrogen and oxygen atoms in total. The minimum absolute atomic E-state index is 0.0111. The summed E-state index contributed by atoms with van der Waals surface area (Å²) >= 11 is 0. The molecule has 1 saturated heterocycles. The van der Waals surface area contributed by atoms with Gasteiger partial charge in [-0.3, -0.25) is 13.9 Å². The van der Waals surface area contributed by atoms with Gasteiger partial charge in [-0.1, -0.05) is 6.92 Å². The number of anilines is 2. The van der Waals surface area contributed by atoms with E-state index in [1.807, 2.05) is 13.0 Å². The number of ether oxygens (including phenoxy) is 2. The monoisotopic (exact) mass is 607 g/mol. The number of amides is 2. The molecule has 4 N–H and O–H groups in total. The van der Waals surface area contributed by atoms with Crippen LogP contribution in [0.2, 0.25) is 0 Å². The van der Waals surface area contributed by atoms with Crippen LogP contribution in [-0.4, -0.2) is 67.2 Å². The van der Waals surface area contributed by atoms with Gasteiger partial charge in [0.1, 0.15) is 17.2 Å². The Balaban J connectivity index is 1.28. The number of fused-ring (bicyclic) bond motifs is 2. The fourth-order valence-electron chi connectivity index (χ4n) is 6.82. The summed E-state index contributed by atoms with van der Waals surface area (Å²) in [6, 6.07) is 3.28. The normalized spacial score (nSPS) is 28.7. The summed E-state index contributed by atoms with van der Waals surface area (Å²) in [4.78, 5) is 47.6. The van der Waals surface area contributed by atoms with Gasteiger partial charge in [-0.25, -0.2) is 24.2 Å². The number of hydrogen-bond donors (Lipinski definition) is 3. The maximum atomic E-state index is 13.7. The molecule has 0 bridgehead atoms. The van der Waals surface area contributed by atoms with E-state index in [1.54, 1.807) is 16.8 Å². The number of alkyl carbamates (subject to hydrolysis) is 1. The van der Waals surface area contributed by atoms with E-state index in [0.717, 1.165) is 28.5 Å². The summed E-state index contributed by atoms with van der Waals surface area (Å²) in [5.41, 5.74) is 5.94. The zero-order chi connectivity index (χ0) is 34.2. The molecule has 2 saturated carbocycles. The summed E-state index contributed by atoms with van der Waals surface area (Å²) in [7, 11) is 1.20. The van der Waals surface area contributed by atoms with Crippen LogP contribution < -0.4 is 22.1 Å². The molecule has 3 fully saturated rings. The highest BCUT2D eigenvalue weighted by atomic mass is 16.5. The number of carbonyl (C=O) groups excluding carboxylic acids is 2. The van der Waals surface area contributed by atoms with E-state index < -0.39 is 42.3 Å². The summed E-state index contributed by atoms with van der Waals surface area (Å²) in [6.07, 6.45) is 3.34. The topological polar surface area (TPSA) is 173 Å². The maximum absolute atomic E-state index is 13.7. The van der Waals surface area contributed by atoms with Crippen LogP contribution in [0.3, 0.4) is 0 Å². The number of imidazole rings is 1. The van der Waals surface area contributed by atoms with Crippen LogP contribution >= 0.6 is 0 Å². The average molecular weight is 608 g/mol. The van der Waals surface area contributed by atoms with Crippen LogP contribution in [-0.2, 0) is 26.8 Å². The molecule has 14 heteroatoms. The molecule has 44 heavy (non-hydrogen) atoms. The van der Waals surface area contributed by atoms with Gasteiger partial charge >= 0.3 is 11.8 Å². The van der Waals surface area contributed by atoms with Gasteiger partial charge < -0.3 is 25.8 Å². The number of methoxy groups -OCH3 is 1. The second-order valence-corrected chi connectivity index (χ2v) is 11.9. The quantitative estimate of drug-likeness (QED) is 0.285. The molecule has 7 rings (SSSR count). The molecule has 4 aromatic rings. The number of nitrogens with one attached hydrogen (secondary N) is 2. The van der Waals surface area contributed by atoms with Gasteiger partial charge in [0.05, 0.1) is 31.4 Å². The minimum atomic E-state index is -2.79. The standard InChI is InChI=1S/C30H37N9O5/c1-16-14-30(16,27(31)40)39-26-20(25(36-39)17-8-10-44-11-9-17)6-7-23(35-26)34-24-13-21-22(15-32-24)37(2)29(42)38(21)19-5-4-18(12-19)33-28(41)43-3/h6-7,13,15-19H,4-5,8-12,14H2,1-3H3,(H2,31,40)(H,33,41)(H,32,34,35)/t16-,18+,19+,30-/m0/s1/i2D3,18D. The Morgan fingerprint density at radius 2 is 2.00 bits per heavy atom. The molecular weight excluding hydrogens is 566 g/mol. The SMILES string of the molecule is [2H]C([2H])([2H])n1c(=O)n([C@@H]2CC[C@@]([2H])(NC(=O)OC)C2)c2cc(Nc3ccc4c(C5CCOCC5)nn([C@@]5(C(N)=O)C[C@@H]5C)c4n3)ncc21. The van der Waals surface area contributed by atoms with Crippen LogP contribution in [0.4, 0.5) is 16.4 Å². The van der Waals surface area contributed by atoms with Crippen molar-refractivity contribution in [2.75, 3.05) is 25.6 Å². The fraction of sp³-hybridized carbons (Fsp3) is 0.533. The van der Waals surface area contributed by atoms with Crippen LogP contribution in [0, 0.1) is 5.92 Å². The minimum Gasteiger partial charge on any atom is -0.453 e. The van der Waals surface area contributed by atoms with Crippen molar-refractivity contribution in [2.24, 2.45) is 18.6 Å². The van der Waals surface area contributed by atoms with Crippen LogP contribution in [0.1, 0.15) is 68.6 Å². The van der Waals surface area contributed by atoms with Gasteiger partial charge in [-0.05, 0) is 56.6 Å². The molecule has 2 aliphatic carbocycles. The van der Waals surface area contributed by atoms with Crippen molar-refractivity contribution in [3.05, 3.63) is 40.6 Å². The summed E-state index contributed by atoms with van der Waals surface area (Å²) in [6.45, 7) is 0.413. The van der Waals surface area contributed by atoms with Gasteiger partial charge in [0.25, 0.3) is 0 Å². The highest BCUT2D eigenvalue weighted by Gasteiger charge is 2.60. The van der Waals surface area contributed by atoms with E-state index in [9.17, 15) is 14.4 Å². The fourth-order valence-corrected chi connectivity index (χ4v) is 6.82. The van der Waals surface area contributed by atoms with E-state index in [2.05, 4.69) is 20.4 Å². The highest BCUT2D eigenvalue weighted by Crippen LogP contribution is 2.51. The molecule has 0 radical (unpaired) electrons. The molecule has 1 aliphatic heterocycles. The van der Waals surface area contributed by atoms with Gasteiger partial charge in [0.15, 0.2) is 5.65 Å². The number of aromatic nitrogens is 6. The Bertz CT molecular complexity index is 2000. The van der Waals surface area contributed by atoms with Crippen LogP contribution in [0.15, 0.2) is 29.2 Å². The van der Waals surface area contributed by atoms with Crippen molar-refractivity contribution in [3.63, 3.8) is 0 Å². The molecule has 0 unspecified atom stereocenters. The van der Waals surface area contributed by atoms with Crippen molar-refractivity contribution in [2.45, 2.75) is 69.0 Å². The molecule has 4 atom stereocenters. The second-order valence-electron chi connectivity index (χ2n) is 11.9. The molecule has 4 aromatic heterocycles. The maximum Gasteiger partial charge on any atom is 0.407 e. The number of primary amides is 1. The summed E-state index contributed by atoms with van der Waals surface area (Å²) < 4.78 is 46.8. The number of nitrogens with two attached hydrogens (primary N) is 1. The number of pyridine rings is 2. The first-order valence-corrected chi connectivity index (χ1v) is 14.8. The van der Waals surface area contributed by atoms with Crippen LogP contribution in [0.25, 0.3) is 22.1 Å². The molecule has 5 heterocycles. The first-order chi connectivity index (χ1) is 22.8. The second kappa shape index (κ2) is 10.6. The van der Waals surface area contributed by atoms with Gasteiger partial charge in [-0.2, -0.15) is 5.10 Å². The molecule has 0 aromatic carbocycles. The zero-order valence-electron chi connectivity index (χ0n) is 28.5. The third-order valence-corrected chi connectivity index (χ3v) is 9.35.